The van der Waals surface area contributed by atoms with E-state index in [4.69, 9.17) is 19.3 Å². The second-order valence-corrected chi connectivity index (χ2v) is 6.46. The quantitative estimate of drug-likeness (QED) is 0.749. The number of aliphatic carboxylic acids is 1. The first kappa shape index (κ1) is 18.3. The molecular weight excluding hydrogens is 340 g/mol. The number of carbonyl (C=O) groups excluding carboxylic acids is 1. The van der Waals surface area contributed by atoms with E-state index in [1.54, 1.807) is 12.1 Å². The number of amides is 1. The van der Waals surface area contributed by atoms with E-state index in [0.717, 1.165) is 12.8 Å². The standard InChI is InChI=1S/C18H24N2O6/c1-3-20(10-16(21)22)13-8-12(9-13)19-18(23)11-6-14(24-2)17-15(7-11)25-4-5-26-17/h6-7,12-13H,3-5,8-10H2,1-2H3,(H,19,23)(H,21,22). The summed E-state index contributed by atoms with van der Waals surface area (Å²) in [7, 11) is 1.52. The summed E-state index contributed by atoms with van der Waals surface area (Å²) >= 11 is 0. The summed E-state index contributed by atoms with van der Waals surface area (Å²) in [5.41, 5.74) is 0.451. The second kappa shape index (κ2) is 7.82. The Balaban J connectivity index is 1.60. The lowest BCUT2D eigenvalue weighted by atomic mass is 9.85. The zero-order chi connectivity index (χ0) is 18.7. The van der Waals surface area contributed by atoms with Crippen LogP contribution in [0.4, 0.5) is 0 Å². The molecule has 0 bridgehead atoms. The van der Waals surface area contributed by atoms with Crippen molar-refractivity contribution in [1.29, 1.82) is 0 Å². The number of likely N-dealkylation sites (N-methyl/N-ethyl adjacent to an activating group) is 1. The zero-order valence-corrected chi connectivity index (χ0v) is 15.0. The van der Waals surface area contributed by atoms with Crippen LogP contribution in [0.3, 0.4) is 0 Å². The lowest BCUT2D eigenvalue weighted by Gasteiger charge is -2.42. The van der Waals surface area contributed by atoms with Crippen LogP contribution in [0.5, 0.6) is 17.2 Å². The van der Waals surface area contributed by atoms with Crippen LogP contribution in [-0.4, -0.2) is 67.4 Å². The van der Waals surface area contributed by atoms with E-state index >= 15 is 0 Å². The van der Waals surface area contributed by atoms with Gasteiger partial charge in [-0.3, -0.25) is 14.5 Å². The van der Waals surface area contributed by atoms with Gasteiger partial charge in [0.15, 0.2) is 11.5 Å². The molecule has 1 heterocycles. The van der Waals surface area contributed by atoms with Gasteiger partial charge in [-0.15, -0.1) is 0 Å². The van der Waals surface area contributed by atoms with E-state index in [1.165, 1.54) is 7.11 Å². The Kier molecular flexibility index (Phi) is 5.51. The van der Waals surface area contributed by atoms with Gasteiger partial charge in [-0.2, -0.15) is 0 Å². The number of carboxylic acids is 1. The fourth-order valence-corrected chi connectivity index (χ4v) is 3.35. The molecule has 3 rings (SSSR count). The highest BCUT2D eigenvalue weighted by atomic mass is 16.6. The Labute approximate surface area is 152 Å². The molecule has 26 heavy (non-hydrogen) atoms. The average molecular weight is 364 g/mol. The number of hydrogen-bond acceptors (Lipinski definition) is 6. The number of nitrogens with zero attached hydrogens (tertiary/aromatic N) is 1. The van der Waals surface area contributed by atoms with Crippen LogP contribution in [0.1, 0.15) is 30.1 Å². The largest absolute Gasteiger partial charge is 0.493 e. The number of hydrogen-bond donors (Lipinski definition) is 2. The summed E-state index contributed by atoms with van der Waals surface area (Å²) in [4.78, 5) is 25.4. The SMILES string of the molecule is CCN(CC(=O)O)C1CC(NC(=O)c2cc(OC)c3c(c2)OCCO3)C1. The number of carboxylic acid groups (broad SMARTS) is 1. The third-order valence-electron chi connectivity index (χ3n) is 4.80. The summed E-state index contributed by atoms with van der Waals surface area (Å²) in [6, 6.07) is 3.53. The minimum atomic E-state index is -0.831. The van der Waals surface area contributed by atoms with Crippen LogP contribution in [0.15, 0.2) is 12.1 Å². The minimum Gasteiger partial charge on any atom is -0.493 e. The van der Waals surface area contributed by atoms with Crippen LogP contribution in [0, 0.1) is 0 Å². The number of ether oxygens (including phenoxy) is 3. The van der Waals surface area contributed by atoms with E-state index in [0.29, 0.717) is 42.6 Å². The second-order valence-electron chi connectivity index (χ2n) is 6.46. The molecule has 0 spiro atoms. The molecule has 0 atom stereocenters. The molecule has 8 heteroatoms. The van der Waals surface area contributed by atoms with Gasteiger partial charge in [-0.25, -0.2) is 0 Å². The first-order valence-corrected chi connectivity index (χ1v) is 8.76. The highest BCUT2D eigenvalue weighted by molar-refractivity contribution is 5.96. The molecule has 1 aliphatic heterocycles. The molecule has 0 aromatic heterocycles. The molecule has 1 saturated carbocycles. The molecule has 1 amide bonds. The predicted octanol–water partition coefficient (Wildman–Crippen LogP) is 1.13. The van der Waals surface area contributed by atoms with Crippen LogP contribution in [-0.2, 0) is 4.79 Å². The van der Waals surface area contributed by atoms with Gasteiger partial charge >= 0.3 is 5.97 Å². The minimum absolute atomic E-state index is 0.0290. The van der Waals surface area contributed by atoms with Crippen molar-refractivity contribution in [2.75, 3.05) is 33.4 Å². The van der Waals surface area contributed by atoms with Crippen molar-refractivity contribution < 1.29 is 28.9 Å². The van der Waals surface area contributed by atoms with E-state index in [2.05, 4.69) is 5.32 Å². The molecule has 1 aliphatic carbocycles. The van der Waals surface area contributed by atoms with E-state index in [1.807, 2.05) is 11.8 Å². The van der Waals surface area contributed by atoms with Gasteiger partial charge in [0.1, 0.15) is 13.2 Å². The molecule has 2 aliphatic rings. The normalized spacial score (nSPS) is 21.0. The third-order valence-corrected chi connectivity index (χ3v) is 4.80. The molecule has 0 unspecified atom stereocenters. The summed E-state index contributed by atoms with van der Waals surface area (Å²) in [5.74, 6) is 0.460. The number of benzene rings is 1. The first-order chi connectivity index (χ1) is 12.5. The lowest BCUT2D eigenvalue weighted by molar-refractivity contribution is -0.139. The molecular formula is C18H24N2O6. The fraction of sp³-hybridized carbons (Fsp3) is 0.556. The zero-order valence-electron chi connectivity index (χ0n) is 15.0. The Morgan fingerprint density at radius 2 is 2.04 bits per heavy atom. The topological polar surface area (TPSA) is 97.3 Å². The van der Waals surface area contributed by atoms with Crippen LogP contribution in [0.2, 0.25) is 0 Å². The van der Waals surface area contributed by atoms with E-state index < -0.39 is 5.97 Å². The Morgan fingerprint density at radius 3 is 2.69 bits per heavy atom. The smallest absolute Gasteiger partial charge is 0.317 e. The predicted molar refractivity (Wildman–Crippen MR) is 93.1 cm³/mol. The summed E-state index contributed by atoms with van der Waals surface area (Å²) < 4.78 is 16.4. The number of fused-ring (bicyclic) bond motifs is 1. The maximum atomic E-state index is 12.6. The molecule has 1 aromatic carbocycles. The van der Waals surface area contributed by atoms with Crippen molar-refractivity contribution in [1.82, 2.24) is 10.2 Å². The van der Waals surface area contributed by atoms with Gasteiger partial charge in [-0.1, -0.05) is 6.92 Å². The summed E-state index contributed by atoms with van der Waals surface area (Å²) in [6.45, 7) is 3.53. The molecule has 0 saturated heterocycles. The number of methoxy groups -OCH3 is 1. The maximum absolute atomic E-state index is 12.6. The number of carbonyl (C=O) groups is 2. The van der Waals surface area contributed by atoms with Gasteiger partial charge in [0.25, 0.3) is 5.91 Å². The van der Waals surface area contributed by atoms with Gasteiger partial charge in [-0.05, 0) is 31.5 Å². The highest BCUT2D eigenvalue weighted by Gasteiger charge is 2.35. The van der Waals surface area contributed by atoms with Crippen LogP contribution < -0.4 is 19.5 Å². The van der Waals surface area contributed by atoms with Crippen molar-refractivity contribution in [2.24, 2.45) is 0 Å². The lowest BCUT2D eigenvalue weighted by Crippen LogP contribution is -2.54. The fourth-order valence-electron chi connectivity index (χ4n) is 3.35. The third kappa shape index (κ3) is 3.85. The maximum Gasteiger partial charge on any atom is 0.317 e. The molecule has 1 fully saturated rings. The molecule has 2 N–H and O–H groups in total. The number of rotatable bonds is 7. The van der Waals surface area contributed by atoms with Gasteiger partial charge in [0.2, 0.25) is 5.75 Å². The average Bonchev–Trinajstić information content (AvgIpc) is 2.61. The summed E-state index contributed by atoms with van der Waals surface area (Å²) in [5, 5.41) is 11.9. The molecule has 0 radical (unpaired) electrons. The van der Waals surface area contributed by atoms with Crippen LogP contribution >= 0.6 is 0 Å². The van der Waals surface area contributed by atoms with Gasteiger partial charge in [0, 0.05) is 17.6 Å². The number of nitrogens with one attached hydrogen (secondary N) is 1. The Bertz CT molecular complexity index is 669. The monoisotopic (exact) mass is 364 g/mol. The molecule has 8 nitrogen and oxygen atoms in total. The Morgan fingerprint density at radius 1 is 1.31 bits per heavy atom. The Hall–Kier alpha value is -2.48. The first-order valence-electron chi connectivity index (χ1n) is 8.76. The van der Waals surface area contributed by atoms with E-state index in [9.17, 15) is 9.59 Å². The molecule has 142 valence electrons. The van der Waals surface area contributed by atoms with E-state index in [-0.39, 0.29) is 24.5 Å². The molecule has 1 aromatic rings. The van der Waals surface area contributed by atoms with Crippen molar-refractivity contribution in [3.8, 4) is 17.2 Å². The highest BCUT2D eigenvalue weighted by Crippen LogP contribution is 2.40. The van der Waals surface area contributed by atoms with Crippen molar-refractivity contribution in [2.45, 2.75) is 31.8 Å². The van der Waals surface area contributed by atoms with Crippen molar-refractivity contribution in [3.05, 3.63) is 17.7 Å². The van der Waals surface area contributed by atoms with Gasteiger partial charge < -0.3 is 24.6 Å². The summed E-state index contributed by atoms with van der Waals surface area (Å²) in [6.07, 6.45) is 1.49. The van der Waals surface area contributed by atoms with Crippen molar-refractivity contribution in [3.63, 3.8) is 0 Å². The van der Waals surface area contributed by atoms with Gasteiger partial charge in [0.05, 0.1) is 13.7 Å². The van der Waals surface area contributed by atoms with Crippen molar-refractivity contribution >= 4 is 11.9 Å². The van der Waals surface area contributed by atoms with Crippen LogP contribution in [0.25, 0.3) is 0 Å².